The fourth-order valence-electron chi connectivity index (χ4n) is 2.71. The molecule has 1 aliphatic heterocycles. The van der Waals surface area contributed by atoms with Gasteiger partial charge in [-0.2, -0.15) is 0 Å². The average molecular weight is 434 g/mol. The molecule has 4 nitrogen and oxygen atoms in total. The highest BCUT2D eigenvalue weighted by molar-refractivity contribution is 8.26. The zero-order valence-corrected chi connectivity index (χ0v) is 18.0. The van der Waals surface area contributed by atoms with Gasteiger partial charge in [0.05, 0.1) is 12.0 Å². The number of hydrogen-bond donors (Lipinski definition) is 0. The van der Waals surface area contributed by atoms with Crippen LogP contribution in [-0.2, 0) is 11.4 Å². The van der Waals surface area contributed by atoms with Crippen molar-refractivity contribution in [3.05, 3.63) is 63.5 Å². The molecule has 0 bridgehead atoms. The lowest BCUT2D eigenvalue weighted by Gasteiger charge is -2.12. The second-order valence-corrected chi connectivity index (χ2v) is 8.27. The maximum atomic E-state index is 12.5. The van der Waals surface area contributed by atoms with Gasteiger partial charge < -0.3 is 9.47 Å². The van der Waals surface area contributed by atoms with Crippen molar-refractivity contribution in [1.82, 2.24) is 4.90 Å². The van der Waals surface area contributed by atoms with Crippen LogP contribution in [0.5, 0.6) is 11.5 Å². The molecule has 1 fully saturated rings. The van der Waals surface area contributed by atoms with E-state index in [0.29, 0.717) is 38.9 Å². The van der Waals surface area contributed by atoms with Gasteiger partial charge in [0, 0.05) is 11.6 Å². The first-order valence-corrected chi connectivity index (χ1v) is 10.4. The highest BCUT2D eigenvalue weighted by atomic mass is 35.5. The summed E-state index contributed by atoms with van der Waals surface area (Å²) in [6.07, 6.45) is 2.70. The lowest BCUT2D eigenvalue weighted by molar-refractivity contribution is -0.122. The Bertz CT molecular complexity index is 912. The summed E-state index contributed by atoms with van der Waals surface area (Å²) in [7, 11) is 1.60. The van der Waals surface area contributed by atoms with E-state index in [1.807, 2.05) is 55.5 Å². The van der Waals surface area contributed by atoms with Crippen LogP contribution in [-0.4, -0.2) is 28.8 Å². The number of carbonyl (C=O) groups is 1. The number of methoxy groups -OCH3 is 1. The molecule has 28 heavy (non-hydrogen) atoms. The average Bonchev–Trinajstić information content (AvgIpc) is 2.95. The number of ether oxygens (including phenoxy) is 2. The van der Waals surface area contributed by atoms with Crippen LogP contribution in [0, 0.1) is 0 Å². The van der Waals surface area contributed by atoms with Crippen LogP contribution >= 0.6 is 35.6 Å². The lowest BCUT2D eigenvalue weighted by atomic mass is 10.1. The van der Waals surface area contributed by atoms with Crippen LogP contribution in [0.15, 0.2) is 47.4 Å². The number of halogens is 1. The van der Waals surface area contributed by atoms with Crippen molar-refractivity contribution < 1.29 is 14.3 Å². The van der Waals surface area contributed by atoms with E-state index in [-0.39, 0.29) is 5.91 Å². The topological polar surface area (TPSA) is 38.8 Å². The van der Waals surface area contributed by atoms with E-state index in [2.05, 4.69) is 0 Å². The van der Waals surface area contributed by atoms with Crippen molar-refractivity contribution in [3.8, 4) is 11.5 Å². The summed E-state index contributed by atoms with van der Waals surface area (Å²) in [6, 6.07) is 13.1. The number of rotatable bonds is 7. The summed E-state index contributed by atoms with van der Waals surface area (Å²) < 4.78 is 11.9. The van der Waals surface area contributed by atoms with Crippen LogP contribution in [0.3, 0.4) is 0 Å². The first kappa shape index (κ1) is 20.7. The molecular formula is C21H20ClNO3S2. The van der Waals surface area contributed by atoms with Crippen LogP contribution < -0.4 is 9.47 Å². The van der Waals surface area contributed by atoms with E-state index in [9.17, 15) is 4.79 Å². The molecule has 0 N–H and O–H groups in total. The van der Waals surface area contributed by atoms with Gasteiger partial charge in [-0.25, -0.2) is 0 Å². The van der Waals surface area contributed by atoms with Gasteiger partial charge in [0.25, 0.3) is 5.91 Å². The summed E-state index contributed by atoms with van der Waals surface area (Å²) in [5.74, 6) is 1.19. The molecule has 1 saturated heterocycles. The SMILES string of the molecule is CCCN1C(=O)/C(=C\c2ccc(OC)c(OCc3ccc(Cl)cc3)c2)SC1=S. The molecule has 0 spiro atoms. The van der Waals surface area contributed by atoms with Crippen LogP contribution in [0.4, 0.5) is 0 Å². The Kier molecular flexibility index (Phi) is 6.99. The normalized spacial score (nSPS) is 15.4. The molecule has 3 rings (SSSR count). The Balaban J connectivity index is 1.79. The van der Waals surface area contributed by atoms with E-state index in [4.69, 9.17) is 33.3 Å². The first-order valence-electron chi connectivity index (χ1n) is 8.82. The van der Waals surface area contributed by atoms with Crippen molar-refractivity contribution in [2.45, 2.75) is 20.0 Å². The largest absolute Gasteiger partial charge is 0.493 e. The van der Waals surface area contributed by atoms with E-state index in [0.717, 1.165) is 17.5 Å². The van der Waals surface area contributed by atoms with Gasteiger partial charge >= 0.3 is 0 Å². The highest BCUT2D eigenvalue weighted by Gasteiger charge is 2.31. The van der Waals surface area contributed by atoms with Crippen molar-refractivity contribution in [3.63, 3.8) is 0 Å². The summed E-state index contributed by atoms with van der Waals surface area (Å²) in [5.41, 5.74) is 1.85. The minimum Gasteiger partial charge on any atom is -0.493 e. The number of hydrogen-bond acceptors (Lipinski definition) is 5. The quantitative estimate of drug-likeness (QED) is 0.423. The zero-order chi connectivity index (χ0) is 20.1. The molecule has 1 amide bonds. The molecular weight excluding hydrogens is 414 g/mol. The van der Waals surface area contributed by atoms with E-state index >= 15 is 0 Å². The molecule has 2 aromatic rings. The molecule has 0 saturated carbocycles. The number of benzene rings is 2. The number of thioether (sulfide) groups is 1. The molecule has 0 atom stereocenters. The van der Waals surface area contributed by atoms with Gasteiger partial charge in [0.2, 0.25) is 0 Å². The molecule has 0 radical (unpaired) electrons. The maximum Gasteiger partial charge on any atom is 0.266 e. The standard InChI is InChI=1S/C21H20ClNO3S2/c1-3-10-23-20(24)19(28-21(23)27)12-15-6-9-17(25-2)18(11-15)26-13-14-4-7-16(22)8-5-14/h4-9,11-12H,3,10,13H2,1-2H3/b19-12+. The van der Waals surface area contributed by atoms with Gasteiger partial charge in [-0.1, -0.05) is 60.7 Å². The summed E-state index contributed by atoms with van der Waals surface area (Å²) in [6.45, 7) is 3.05. The number of carbonyl (C=O) groups excluding carboxylic acids is 1. The molecule has 146 valence electrons. The van der Waals surface area contributed by atoms with Gasteiger partial charge in [0.15, 0.2) is 11.5 Å². The Labute approximate surface area is 179 Å². The monoisotopic (exact) mass is 433 g/mol. The van der Waals surface area contributed by atoms with Crippen molar-refractivity contribution >= 4 is 51.9 Å². The smallest absolute Gasteiger partial charge is 0.266 e. The summed E-state index contributed by atoms with van der Waals surface area (Å²) >= 11 is 12.6. The summed E-state index contributed by atoms with van der Waals surface area (Å²) in [5, 5.41) is 0.684. The van der Waals surface area contributed by atoms with Crippen LogP contribution in [0.25, 0.3) is 6.08 Å². The predicted octanol–water partition coefficient (Wildman–Crippen LogP) is 5.54. The minimum atomic E-state index is -0.0451. The van der Waals surface area contributed by atoms with Crippen LogP contribution in [0.2, 0.25) is 5.02 Å². The number of thiocarbonyl (C=S) groups is 1. The molecule has 0 aliphatic carbocycles. The van der Waals surface area contributed by atoms with Crippen LogP contribution in [0.1, 0.15) is 24.5 Å². The Hall–Kier alpha value is -2.02. The zero-order valence-electron chi connectivity index (χ0n) is 15.6. The highest BCUT2D eigenvalue weighted by Crippen LogP contribution is 2.35. The molecule has 7 heteroatoms. The summed E-state index contributed by atoms with van der Waals surface area (Å²) in [4.78, 5) is 14.8. The van der Waals surface area contributed by atoms with Crippen molar-refractivity contribution in [2.75, 3.05) is 13.7 Å². The minimum absolute atomic E-state index is 0.0451. The first-order chi connectivity index (χ1) is 13.5. The Morgan fingerprint density at radius 1 is 1.18 bits per heavy atom. The molecule has 0 unspecified atom stereocenters. The van der Waals surface area contributed by atoms with Gasteiger partial charge in [0.1, 0.15) is 10.9 Å². The second kappa shape index (κ2) is 9.45. The Morgan fingerprint density at radius 2 is 1.93 bits per heavy atom. The second-order valence-electron chi connectivity index (χ2n) is 6.16. The maximum absolute atomic E-state index is 12.5. The van der Waals surface area contributed by atoms with Gasteiger partial charge in [-0.3, -0.25) is 9.69 Å². The van der Waals surface area contributed by atoms with Gasteiger partial charge in [-0.05, 0) is 47.9 Å². The Morgan fingerprint density at radius 3 is 2.61 bits per heavy atom. The molecule has 2 aromatic carbocycles. The van der Waals surface area contributed by atoms with Crippen molar-refractivity contribution in [1.29, 1.82) is 0 Å². The van der Waals surface area contributed by atoms with Crippen molar-refractivity contribution in [2.24, 2.45) is 0 Å². The molecule has 1 aliphatic rings. The van der Waals surface area contributed by atoms with Gasteiger partial charge in [-0.15, -0.1) is 0 Å². The number of nitrogens with zero attached hydrogens (tertiary/aromatic N) is 1. The fourth-order valence-corrected chi connectivity index (χ4v) is 4.14. The fraction of sp³-hybridized carbons (Fsp3) is 0.238. The molecule has 0 aromatic heterocycles. The van der Waals surface area contributed by atoms with E-state index in [1.54, 1.807) is 12.0 Å². The number of amides is 1. The third-order valence-corrected chi connectivity index (χ3v) is 5.74. The molecule has 1 heterocycles. The van der Waals surface area contributed by atoms with E-state index < -0.39 is 0 Å². The third-order valence-electron chi connectivity index (χ3n) is 4.11. The predicted molar refractivity (Wildman–Crippen MR) is 119 cm³/mol. The van der Waals surface area contributed by atoms with E-state index in [1.165, 1.54) is 11.8 Å². The third kappa shape index (κ3) is 4.87. The lowest BCUT2D eigenvalue weighted by Crippen LogP contribution is -2.28.